The number of hydrogen-bond donors (Lipinski definition) is 1. The second-order valence-corrected chi connectivity index (χ2v) is 4.13. The summed E-state index contributed by atoms with van der Waals surface area (Å²) in [7, 11) is 0. The standard InChI is InChI=1S/C12H9ClFNO3/c1-2-15-5-7(12(17)18)11(16)6-3-4-8(13)9(14)10(6)15/h3-5H,2H2,1H3,(H,17,18). The predicted octanol–water partition coefficient (Wildman–Crippen LogP) is 2.51. The smallest absolute Gasteiger partial charge is 0.341 e. The molecule has 2 rings (SSSR count). The molecular formula is C12H9ClFNO3. The molecule has 1 aromatic heterocycles. The van der Waals surface area contributed by atoms with Crippen LogP contribution in [0.15, 0.2) is 23.1 Å². The lowest BCUT2D eigenvalue weighted by Crippen LogP contribution is -2.19. The molecule has 94 valence electrons. The number of benzene rings is 1. The van der Waals surface area contributed by atoms with Gasteiger partial charge in [0.25, 0.3) is 0 Å². The van der Waals surface area contributed by atoms with Gasteiger partial charge in [-0.2, -0.15) is 0 Å². The van der Waals surface area contributed by atoms with Crippen LogP contribution < -0.4 is 5.43 Å². The van der Waals surface area contributed by atoms with Crippen molar-refractivity contribution >= 4 is 28.5 Å². The van der Waals surface area contributed by atoms with Crippen molar-refractivity contribution in [2.45, 2.75) is 13.5 Å². The zero-order valence-electron chi connectivity index (χ0n) is 9.41. The molecule has 0 aliphatic rings. The zero-order chi connectivity index (χ0) is 13.4. The molecule has 0 atom stereocenters. The van der Waals surface area contributed by atoms with Gasteiger partial charge >= 0.3 is 5.97 Å². The van der Waals surface area contributed by atoms with Crippen molar-refractivity contribution in [2.24, 2.45) is 0 Å². The highest BCUT2D eigenvalue weighted by molar-refractivity contribution is 6.31. The number of nitrogens with zero attached hydrogens (tertiary/aromatic N) is 1. The van der Waals surface area contributed by atoms with Crippen LogP contribution in [0.2, 0.25) is 5.02 Å². The van der Waals surface area contributed by atoms with Gasteiger partial charge in [-0.3, -0.25) is 4.79 Å². The molecule has 6 heteroatoms. The van der Waals surface area contributed by atoms with Crippen LogP contribution in [-0.4, -0.2) is 15.6 Å². The lowest BCUT2D eigenvalue weighted by atomic mass is 10.1. The Balaban J connectivity index is 3.03. The molecule has 4 nitrogen and oxygen atoms in total. The van der Waals surface area contributed by atoms with Crippen molar-refractivity contribution in [3.8, 4) is 0 Å². The van der Waals surface area contributed by atoms with E-state index in [1.165, 1.54) is 16.7 Å². The number of aromatic nitrogens is 1. The third-order valence-corrected chi connectivity index (χ3v) is 2.99. The monoisotopic (exact) mass is 269 g/mol. The van der Waals surface area contributed by atoms with E-state index in [1.54, 1.807) is 6.92 Å². The molecule has 1 N–H and O–H groups in total. The second kappa shape index (κ2) is 4.42. The highest BCUT2D eigenvalue weighted by Crippen LogP contribution is 2.23. The summed E-state index contributed by atoms with van der Waals surface area (Å²) in [5.74, 6) is -2.05. The molecule has 0 radical (unpaired) electrons. The normalized spacial score (nSPS) is 10.8. The first-order valence-corrected chi connectivity index (χ1v) is 5.59. The highest BCUT2D eigenvalue weighted by atomic mass is 35.5. The van der Waals surface area contributed by atoms with Gasteiger partial charge in [-0.25, -0.2) is 9.18 Å². The number of aromatic carboxylic acids is 1. The fourth-order valence-corrected chi connectivity index (χ4v) is 1.98. The van der Waals surface area contributed by atoms with E-state index in [0.29, 0.717) is 6.54 Å². The first-order valence-electron chi connectivity index (χ1n) is 5.21. The predicted molar refractivity (Wildman–Crippen MR) is 65.8 cm³/mol. The number of hydrogen-bond acceptors (Lipinski definition) is 2. The van der Waals surface area contributed by atoms with Crippen LogP contribution >= 0.6 is 11.6 Å². The minimum atomic E-state index is -1.33. The van der Waals surface area contributed by atoms with Crippen molar-refractivity contribution in [2.75, 3.05) is 0 Å². The van der Waals surface area contributed by atoms with Crippen LogP contribution in [-0.2, 0) is 6.54 Å². The summed E-state index contributed by atoms with van der Waals surface area (Å²) < 4.78 is 15.3. The first-order chi connectivity index (χ1) is 8.47. The molecule has 0 aliphatic heterocycles. The Hall–Kier alpha value is -1.88. The van der Waals surface area contributed by atoms with Gasteiger partial charge in [-0.1, -0.05) is 11.6 Å². The lowest BCUT2D eigenvalue weighted by Gasteiger charge is -2.11. The molecule has 2 aromatic rings. The van der Waals surface area contributed by atoms with Gasteiger partial charge in [0.2, 0.25) is 5.43 Å². The maximum atomic E-state index is 13.9. The van der Waals surface area contributed by atoms with Crippen LogP contribution in [0.5, 0.6) is 0 Å². The van der Waals surface area contributed by atoms with Gasteiger partial charge in [0.1, 0.15) is 5.56 Å². The van der Waals surface area contributed by atoms with Gasteiger partial charge in [0.15, 0.2) is 5.82 Å². The third-order valence-electron chi connectivity index (χ3n) is 2.70. The Morgan fingerprint density at radius 2 is 2.17 bits per heavy atom. The molecule has 1 heterocycles. The van der Waals surface area contributed by atoms with Crippen molar-refractivity contribution in [3.63, 3.8) is 0 Å². The van der Waals surface area contributed by atoms with Crippen LogP contribution in [0, 0.1) is 5.82 Å². The zero-order valence-corrected chi connectivity index (χ0v) is 10.2. The molecule has 0 spiro atoms. The topological polar surface area (TPSA) is 59.3 Å². The van der Waals surface area contributed by atoms with Crippen LogP contribution in [0.3, 0.4) is 0 Å². The van der Waals surface area contributed by atoms with E-state index in [9.17, 15) is 14.0 Å². The molecule has 0 amide bonds. The van der Waals surface area contributed by atoms with Gasteiger partial charge < -0.3 is 9.67 Å². The van der Waals surface area contributed by atoms with Crippen molar-refractivity contribution in [1.29, 1.82) is 0 Å². The number of halogens is 2. The fraction of sp³-hybridized carbons (Fsp3) is 0.167. The average molecular weight is 270 g/mol. The minimum Gasteiger partial charge on any atom is -0.477 e. The number of pyridine rings is 1. The number of carbonyl (C=O) groups is 1. The van der Waals surface area contributed by atoms with Gasteiger partial charge in [0.05, 0.1) is 10.5 Å². The molecule has 0 saturated heterocycles. The quantitative estimate of drug-likeness (QED) is 0.911. The maximum Gasteiger partial charge on any atom is 0.341 e. The summed E-state index contributed by atoms with van der Waals surface area (Å²) in [6, 6.07) is 2.58. The van der Waals surface area contributed by atoms with Crippen molar-refractivity contribution < 1.29 is 14.3 Å². The maximum absolute atomic E-state index is 13.9. The van der Waals surface area contributed by atoms with Gasteiger partial charge in [-0.05, 0) is 19.1 Å². The molecule has 0 aliphatic carbocycles. The molecule has 1 aromatic carbocycles. The Morgan fingerprint density at radius 3 is 2.72 bits per heavy atom. The molecular weight excluding hydrogens is 261 g/mol. The number of fused-ring (bicyclic) bond motifs is 1. The summed E-state index contributed by atoms with van der Waals surface area (Å²) in [5, 5.41) is 8.84. The summed E-state index contributed by atoms with van der Waals surface area (Å²) >= 11 is 5.66. The summed E-state index contributed by atoms with van der Waals surface area (Å²) in [5.41, 5.74) is -1.07. The fourth-order valence-electron chi connectivity index (χ4n) is 1.83. The molecule has 0 saturated carbocycles. The summed E-state index contributed by atoms with van der Waals surface area (Å²) in [6.07, 6.45) is 1.13. The van der Waals surface area contributed by atoms with E-state index in [1.807, 2.05) is 0 Å². The SMILES string of the molecule is CCn1cc(C(=O)O)c(=O)c2ccc(Cl)c(F)c21. The molecule has 18 heavy (non-hydrogen) atoms. The average Bonchev–Trinajstić information content (AvgIpc) is 2.34. The van der Waals surface area contributed by atoms with Gasteiger partial charge in [-0.15, -0.1) is 0 Å². The molecule has 0 bridgehead atoms. The van der Waals surface area contributed by atoms with E-state index < -0.39 is 17.2 Å². The summed E-state index contributed by atoms with van der Waals surface area (Å²) in [4.78, 5) is 22.8. The van der Waals surface area contributed by atoms with E-state index in [2.05, 4.69) is 0 Å². The lowest BCUT2D eigenvalue weighted by molar-refractivity contribution is 0.0695. The number of carboxylic acids is 1. The Kier molecular flexibility index (Phi) is 3.09. The third kappa shape index (κ3) is 1.76. The minimum absolute atomic E-state index is 0.0126. The second-order valence-electron chi connectivity index (χ2n) is 3.72. The van der Waals surface area contributed by atoms with Crippen LogP contribution in [0.4, 0.5) is 4.39 Å². The van der Waals surface area contributed by atoms with E-state index >= 15 is 0 Å². The Labute approximate surface area is 106 Å². The van der Waals surface area contributed by atoms with E-state index in [0.717, 1.165) is 6.20 Å². The van der Waals surface area contributed by atoms with Crippen LogP contribution in [0.1, 0.15) is 17.3 Å². The van der Waals surface area contributed by atoms with Crippen LogP contribution in [0.25, 0.3) is 10.9 Å². The van der Waals surface area contributed by atoms with Crippen molar-refractivity contribution in [1.82, 2.24) is 4.57 Å². The van der Waals surface area contributed by atoms with E-state index in [4.69, 9.17) is 16.7 Å². The molecule has 0 fully saturated rings. The molecule has 0 unspecified atom stereocenters. The Morgan fingerprint density at radius 1 is 1.50 bits per heavy atom. The first kappa shape index (κ1) is 12.6. The number of aryl methyl sites for hydroxylation is 1. The van der Waals surface area contributed by atoms with E-state index in [-0.39, 0.29) is 21.5 Å². The number of carboxylic acid groups (broad SMARTS) is 1. The highest BCUT2D eigenvalue weighted by Gasteiger charge is 2.17. The largest absolute Gasteiger partial charge is 0.477 e. The summed E-state index contributed by atoms with van der Waals surface area (Å²) in [6.45, 7) is 2.05. The Bertz CT molecular complexity index is 709. The van der Waals surface area contributed by atoms with Crippen molar-refractivity contribution in [3.05, 3.63) is 45.0 Å². The number of rotatable bonds is 2. The van der Waals surface area contributed by atoms with Gasteiger partial charge in [0, 0.05) is 18.1 Å².